The fourth-order valence-corrected chi connectivity index (χ4v) is 5.39. The highest BCUT2D eigenvalue weighted by Crippen LogP contribution is 2.34. The molecule has 0 unspecified atom stereocenters. The van der Waals surface area contributed by atoms with E-state index in [0.717, 1.165) is 20.7 Å². The number of benzene rings is 1. The van der Waals surface area contributed by atoms with Crippen molar-refractivity contribution in [1.29, 1.82) is 0 Å². The summed E-state index contributed by atoms with van der Waals surface area (Å²) in [5.74, 6) is 6.24. The lowest BCUT2D eigenvalue weighted by molar-refractivity contribution is 0.103. The number of thioether (sulfide) groups is 1. The number of nitrogen functional groups attached to an aromatic ring is 1. The zero-order valence-corrected chi connectivity index (χ0v) is 17.3. The summed E-state index contributed by atoms with van der Waals surface area (Å²) in [6, 6.07) is 6.16. The van der Waals surface area contributed by atoms with Gasteiger partial charge < -0.3 is 15.5 Å². The summed E-state index contributed by atoms with van der Waals surface area (Å²) in [5, 5.41) is 0.926. The van der Waals surface area contributed by atoms with Crippen LogP contribution in [0.3, 0.4) is 0 Å². The molecule has 2 N–H and O–H groups in total. The molecule has 0 fully saturated rings. The predicted molar refractivity (Wildman–Crippen MR) is 111 cm³/mol. The van der Waals surface area contributed by atoms with E-state index >= 15 is 0 Å². The number of hydrogen-bond donors (Lipinski definition) is 1. The first-order chi connectivity index (χ1) is 14.0. The van der Waals surface area contributed by atoms with Crippen LogP contribution in [0.25, 0.3) is 10.2 Å². The Balaban J connectivity index is 1.62. The van der Waals surface area contributed by atoms with Crippen molar-refractivity contribution in [2.75, 3.05) is 19.0 Å². The molecule has 1 aliphatic heterocycles. The van der Waals surface area contributed by atoms with Gasteiger partial charge in [-0.05, 0) is 36.6 Å². The molecule has 2 aromatic heterocycles. The highest BCUT2D eigenvalue weighted by Gasteiger charge is 2.27. The van der Waals surface area contributed by atoms with Gasteiger partial charge in [-0.1, -0.05) is 23.9 Å². The number of halogens is 1. The molecule has 1 amide bonds. The quantitative estimate of drug-likeness (QED) is 0.386. The van der Waals surface area contributed by atoms with Crippen LogP contribution in [0.1, 0.15) is 22.9 Å². The fourth-order valence-electron chi connectivity index (χ4n) is 3.24. The smallest absolute Gasteiger partial charge is 0.410 e. The number of carbonyl (C=O) groups excluding carboxylic acids is 1. The third-order valence-electron chi connectivity index (χ3n) is 4.68. The maximum absolute atomic E-state index is 13.1. The largest absolute Gasteiger partial charge is 0.450 e. The Morgan fingerprint density at radius 1 is 1.38 bits per heavy atom. The first kappa shape index (κ1) is 19.7. The van der Waals surface area contributed by atoms with E-state index in [1.54, 1.807) is 24.0 Å². The van der Waals surface area contributed by atoms with E-state index in [-0.39, 0.29) is 17.5 Å². The molecule has 0 saturated carbocycles. The van der Waals surface area contributed by atoms with Crippen LogP contribution in [0.15, 0.2) is 34.2 Å². The van der Waals surface area contributed by atoms with E-state index in [0.29, 0.717) is 47.2 Å². The molecule has 29 heavy (non-hydrogen) atoms. The number of carbonyl (C=O) groups is 1. The molecule has 0 bridgehead atoms. The Hall–Kier alpha value is -2.59. The van der Waals surface area contributed by atoms with Crippen LogP contribution < -0.4 is 11.4 Å². The Morgan fingerprint density at radius 3 is 2.86 bits per heavy atom. The van der Waals surface area contributed by atoms with Gasteiger partial charge in [-0.3, -0.25) is 4.79 Å². The summed E-state index contributed by atoms with van der Waals surface area (Å²) in [6.45, 7) is 2.98. The van der Waals surface area contributed by atoms with E-state index in [2.05, 4.69) is 4.98 Å². The number of amides is 1. The molecule has 0 aliphatic carbocycles. The molecule has 3 heterocycles. The average molecular weight is 435 g/mol. The zero-order valence-electron chi connectivity index (χ0n) is 15.7. The number of ether oxygens (including phenoxy) is 1. The minimum Gasteiger partial charge on any atom is -0.450 e. The maximum atomic E-state index is 13.1. The van der Waals surface area contributed by atoms with Gasteiger partial charge in [0.25, 0.3) is 5.56 Å². The summed E-state index contributed by atoms with van der Waals surface area (Å²) < 4.78 is 19.2. The number of aromatic nitrogens is 2. The van der Waals surface area contributed by atoms with E-state index in [1.807, 2.05) is 0 Å². The third-order valence-corrected chi connectivity index (χ3v) is 6.82. The number of rotatable bonds is 4. The van der Waals surface area contributed by atoms with Crippen molar-refractivity contribution >= 4 is 39.4 Å². The van der Waals surface area contributed by atoms with Gasteiger partial charge in [0.2, 0.25) is 0 Å². The molecule has 0 atom stereocenters. The number of thiophene rings is 1. The fraction of sp³-hybridized carbons (Fsp3) is 0.316. The lowest BCUT2D eigenvalue weighted by Gasteiger charge is -2.25. The first-order valence-electron chi connectivity index (χ1n) is 9.09. The summed E-state index contributed by atoms with van der Waals surface area (Å²) >= 11 is 2.73. The van der Waals surface area contributed by atoms with Crippen molar-refractivity contribution in [2.45, 2.75) is 30.8 Å². The molecule has 0 saturated heterocycles. The van der Waals surface area contributed by atoms with Crippen LogP contribution in [0, 0.1) is 5.82 Å². The molecule has 3 aromatic rings. The molecule has 10 heteroatoms. The van der Waals surface area contributed by atoms with Gasteiger partial charge in [-0.25, -0.2) is 18.8 Å². The number of nitrogens with zero attached hydrogens (tertiary/aromatic N) is 3. The van der Waals surface area contributed by atoms with E-state index in [9.17, 15) is 14.0 Å². The Bertz CT molecular complexity index is 1130. The lowest BCUT2D eigenvalue weighted by Crippen LogP contribution is -2.36. The van der Waals surface area contributed by atoms with E-state index < -0.39 is 0 Å². The van der Waals surface area contributed by atoms with Gasteiger partial charge in [0.1, 0.15) is 10.6 Å². The molecular formula is C19H19FN4O3S2. The number of fused-ring (bicyclic) bond motifs is 3. The van der Waals surface area contributed by atoms with Crippen LogP contribution in [-0.2, 0) is 23.5 Å². The zero-order chi connectivity index (χ0) is 20.5. The minimum atomic E-state index is -0.352. The summed E-state index contributed by atoms with van der Waals surface area (Å²) in [7, 11) is 0. The van der Waals surface area contributed by atoms with E-state index in [1.165, 1.54) is 35.2 Å². The van der Waals surface area contributed by atoms with Crippen molar-refractivity contribution in [3.05, 3.63) is 56.4 Å². The second kappa shape index (κ2) is 8.03. The van der Waals surface area contributed by atoms with Gasteiger partial charge in [-0.15, -0.1) is 11.3 Å². The SMILES string of the molecule is CCOC(=O)N1CCc2c(sc3nc(SCc4ccc(F)cc4)n(N)c(=O)c23)C1. The van der Waals surface area contributed by atoms with Gasteiger partial charge >= 0.3 is 6.09 Å². The second-order valence-electron chi connectivity index (χ2n) is 6.54. The summed E-state index contributed by atoms with van der Waals surface area (Å²) in [4.78, 5) is 32.7. The maximum Gasteiger partial charge on any atom is 0.410 e. The normalized spacial score (nSPS) is 13.5. The molecular weight excluding hydrogens is 415 g/mol. The van der Waals surface area contributed by atoms with Crippen LogP contribution in [-0.4, -0.2) is 33.8 Å². The van der Waals surface area contributed by atoms with Gasteiger partial charge in [0.05, 0.1) is 18.5 Å². The summed E-state index contributed by atoms with van der Waals surface area (Å²) in [6.07, 6.45) is 0.211. The summed E-state index contributed by atoms with van der Waals surface area (Å²) in [5.41, 5.74) is 1.53. The van der Waals surface area contributed by atoms with Crippen molar-refractivity contribution in [3.8, 4) is 0 Å². The van der Waals surface area contributed by atoms with Gasteiger partial charge in [0.15, 0.2) is 5.16 Å². The first-order valence-corrected chi connectivity index (χ1v) is 10.9. The topological polar surface area (TPSA) is 90.4 Å². The van der Waals surface area contributed by atoms with Gasteiger partial charge in [-0.2, -0.15) is 0 Å². The molecule has 152 valence electrons. The molecule has 0 radical (unpaired) electrons. The van der Waals surface area contributed by atoms with Crippen molar-refractivity contribution < 1.29 is 13.9 Å². The van der Waals surface area contributed by atoms with Crippen molar-refractivity contribution in [1.82, 2.24) is 14.6 Å². The number of nitrogens with two attached hydrogens (primary N) is 1. The average Bonchev–Trinajstić information content (AvgIpc) is 3.08. The highest BCUT2D eigenvalue weighted by molar-refractivity contribution is 7.98. The van der Waals surface area contributed by atoms with Crippen molar-refractivity contribution in [3.63, 3.8) is 0 Å². The highest BCUT2D eigenvalue weighted by atomic mass is 32.2. The predicted octanol–water partition coefficient (Wildman–Crippen LogP) is 3.12. The Kier molecular flexibility index (Phi) is 5.46. The molecule has 0 spiro atoms. The van der Waals surface area contributed by atoms with Crippen LogP contribution in [0.4, 0.5) is 9.18 Å². The van der Waals surface area contributed by atoms with Crippen LogP contribution in [0.2, 0.25) is 0 Å². The second-order valence-corrected chi connectivity index (χ2v) is 8.57. The van der Waals surface area contributed by atoms with Crippen LogP contribution >= 0.6 is 23.1 Å². The van der Waals surface area contributed by atoms with E-state index in [4.69, 9.17) is 10.6 Å². The Morgan fingerprint density at radius 2 is 2.14 bits per heavy atom. The third kappa shape index (κ3) is 3.82. The Labute approximate surface area is 174 Å². The molecule has 7 nitrogen and oxygen atoms in total. The monoisotopic (exact) mass is 434 g/mol. The standard InChI is InChI=1S/C19H19FN4O3S2/c1-2-27-19(26)23-8-7-13-14(9-23)29-16-15(13)17(25)24(21)18(22-16)28-10-11-3-5-12(20)6-4-11/h3-6H,2,7-10,21H2,1H3. The number of hydrogen-bond acceptors (Lipinski definition) is 7. The van der Waals surface area contributed by atoms with Crippen molar-refractivity contribution in [2.24, 2.45) is 0 Å². The van der Waals surface area contributed by atoms with Gasteiger partial charge in [0, 0.05) is 17.2 Å². The lowest BCUT2D eigenvalue weighted by atomic mass is 10.1. The minimum absolute atomic E-state index is 0.293. The molecule has 4 rings (SSSR count). The molecule has 1 aliphatic rings. The molecule has 1 aromatic carbocycles. The van der Waals surface area contributed by atoms with Crippen LogP contribution in [0.5, 0.6) is 0 Å².